The van der Waals surface area contributed by atoms with Gasteiger partial charge in [-0.15, -0.1) is 0 Å². The van der Waals surface area contributed by atoms with E-state index in [0.29, 0.717) is 0 Å². The van der Waals surface area contributed by atoms with Gasteiger partial charge >= 0.3 is 0 Å². The SMILES string of the molecule is CCCCNC(=O)C=Cc1ccccc1Sc1ccc(Cl)cc1. The summed E-state index contributed by atoms with van der Waals surface area (Å²) >= 11 is 7.57. The van der Waals surface area contributed by atoms with Crippen molar-refractivity contribution in [2.75, 3.05) is 6.54 Å². The van der Waals surface area contributed by atoms with Crippen LogP contribution < -0.4 is 5.32 Å². The van der Waals surface area contributed by atoms with E-state index in [2.05, 4.69) is 12.2 Å². The van der Waals surface area contributed by atoms with Gasteiger partial charge in [-0.05, 0) is 48.4 Å². The Morgan fingerprint density at radius 2 is 1.91 bits per heavy atom. The number of carbonyl (C=O) groups is 1. The molecule has 4 heteroatoms. The molecule has 0 saturated carbocycles. The first kappa shape index (κ1) is 17.6. The molecule has 23 heavy (non-hydrogen) atoms. The Morgan fingerprint density at radius 1 is 1.17 bits per heavy atom. The van der Waals surface area contributed by atoms with Crippen molar-refractivity contribution in [3.05, 3.63) is 65.2 Å². The first-order chi connectivity index (χ1) is 11.2. The van der Waals surface area contributed by atoms with E-state index in [-0.39, 0.29) is 5.91 Å². The van der Waals surface area contributed by atoms with Crippen LogP contribution in [0.4, 0.5) is 0 Å². The molecule has 0 aliphatic heterocycles. The van der Waals surface area contributed by atoms with Crippen molar-refractivity contribution >= 4 is 35.3 Å². The number of nitrogens with one attached hydrogen (secondary N) is 1. The molecule has 2 aromatic rings. The standard InChI is InChI=1S/C19H20ClNOS/c1-2-3-14-21-19(22)13-8-15-6-4-5-7-18(15)23-17-11-9-16(20)10-12-17/h4-13H,2-3,14H2,1H3,(H,21,22). The topological polar surface area (TPSA) is 29.1 Å². The highest BCUT2D eigenvalue weighted by molar-refractivity contribution is 7.99. The van der Waals surface area contributed by atoms with E-state index >= 15 is 0 Å². The van der Waals surface area contributed by atoms with Crippen LogP contribution in [0.15, 0.2) is 64.4 Å². The van der Waals surface area contributed by atoms with Crippen molar-refractivity contribution in [1.82, 2.24) is 5.32 Å². The van der Waals surface area contributed by atoms with Crippen molar-refractivity contribution in [3.63, 3.8) is 0 Å². The zero-order valence-corrected chi connectivity index (χ0v) is 14.7. The van der Waals surface area contributed by atoms with Crippen LogP contribution in [0.5, 0.6) is 0 Å². The molecule has 0 radical (unpaired) electrons. The molecule has 2 aromatic carbocycles. The lowest BCUT2D eigenvalue weighted by molar-refractivity contribution is -0.116. The molecular weight excluding hydrogens is 326 g/mol. The molecule has 1 N–H and O–H groups in total. The Morgan fingerprint density at radius 3 is 2.65 bits per heavy atom. The predicted octanol–water partition coefficient (Wildman–Crippen LogP) is 5.42. The highest BCUT2D eigenvalue weighted by Gasteiger charge is 2.03. The fourth-order valence-electron chi connectivity index (χ4n) is 1.95. The lowest BCUT2D eigenvalue weighted by Gasteiger charge is -2.06. The molecule has 0 saturated heterocycles. The van der Waals surface area contributed by atoms with Gasteiger partial charge in [0.1, 0.15) is 0 Å². The average Bonchev–Trinajstić information content (AvgIpc) is 2.56. The molecule has 0 aliphatic carbocycles. The quantitative estimate of drug-likeness (QED) is 0.536. The highest BCUT2D eigenvalue weighted by atomic mass is 35.5. The van der Waals surface area contributed by atoms with E-state index in [4.69, 9.17) is 11.6 Å². The van der Waals surface area contributed by atoms with Gasteiger partial charge in [-0.1, -0.05) is 54.9 Å². The van der Waals surface area contributed by atoms with Crippen molar-refractivity contribution in [2.45, 2.75) is 29.6 Å². The van der Waals surface area contributed by atoms with Crippen LogP contribution in [0.1, 0.15) is 25.3 Å². The van der Waals surface area contributed by atoms with Crippen LogP contribution in [0.25, 0.3) is 6.08 Å². The van der Waals surface area contributed by atoms with Gasteiger partial charge in [0.25, 0.3) is 0 Å². The Balaban J connectivity index is 2.05. The minimum Gasteiger partial charge on any atom is -0.353 e. The van der Waals surface area contributed by atoms with Gasteiger partial charge in [-0.2, -0.15) is 0 Å². The van der Waals surface area contributed by atoms with Gasteiger partial charge in [-0.3, -0.25) is 4.79 Å². The Hall–Kier alpha value is -1.71. The number of benzene rings is 2. The van der Waals surface area contributed by atoms with E-state index in [1.165, 1.54) is 0 Å². The molecule has 0 fully saturated rings. The van der Waals surface area contributed by atoms with Gasteiger partial charge < -0.3 is 5.32 Å². The molecule has 120 valence electrons. The number of hydrogen-bond donors (Lipinski definition) is 1. The number of amides is 1. The first-order valence-corrected chi connectivity index (χ1v) is 8.87. The fraction of sp³-hybridized carbons (Fsp3) is 0.211. The molecule has 0 aliphatic rings. The van der Waals surface area contributed by atoms with E-state index in [1.807, 2.05) is 54.6 Å². The molecule has 0 heterocycles. The number of halogens is 1. The smallest absolute Gasteiger partial charge is 0.243 e. The van der Waals surface area contributed by atoms with Crippen LogP contribution in [0.3, 0.4) is 0 Å². The van der Waals surface area contributed by atoms with E-state index in [1.54, 1.807) is 17.8 Å². The lowest BCUT2D eigenvalue weighted by Crippen LogP contribution is -2.21. The number of unbranched alkanes of at least 4 members (excludes halogenated alkanes) is 1. The normalized spacial score (nSPS) is 10.9. The largest absolute Gasteiger partial charge is 0.353 e. The molecule has 0 spiro atoms. The van der Waals surface area contributed by atoms with Gasteiger partial charge in [0.05, 0.1) is 0 Å². The zero-order valence-electron chi connectivity index (χ0n) is 13.1. The van der Waals surface area contributed by atoms with Crippen molar-refractivity contribution in [3.8, 4) is 0 Å². The highest BCUT2D eigenvalue weighted by Crippen LogP contribution is 2.31. The van der Waals surface area contributed by atoms with E-state index in [9.17, 15) is 4.79 Å². The summed E-state index contributed by atoms with van der Waals surface area (Å²) in [5, 5.41) is 3.61. The Labute approximate surface area is 146 Å². The zero-order chi connectivity index (χ0) is 16.5. The van der Waals surface area contributed by atoms with E-state index < -0.39 is 0 Å². The maximum Gasteiger partial charge on any atom is 0.243 e. The summed E-state index contributed by atoms with van der Waals surface area (Å²) in [6, 6.07) is 15.8. The van der Waals surface area contributed by atoms with E-state index in [0.717, 1.165) is 39.8 Å². The van der Waals surface area contributed by atoms with Crippen molar-refractivity contribution in [1.29, 1.82) is 0 Å². The summed E-state index contributed by atoms with van der Waals surface area (Å²) in [5.74, 6) is -0.0512. The second-order valence-electron chi connectivity index (χ2n) is 5.07. The minimum absolute atomic E-state index is 0.0512. The van der Waals surface area contributed by atoms with Gasteiger partial charge in [-0.25, -0.2) is 0 Å². The monoisotopic (exact) mass is 345 g/mol. The van der Waals surface area contributed by atoms with Crippen LogP contribution in [0, 0.1) is 0 Å². The summed E-state index contributed by atoms with van der Waals surface area (Å²) < 4.78 is 0. The molecule has 1 amide bonds. The first-order valence-electron chi connectivity index (χ1n) is 7.67. The number of carbonyl (C=O) groups excluding carboxylic acids is 1. The molecule has 2 nitrogen and oxygen atoms in total. The summed E-state index contributed by atoms with van der Waals surface area (Å²) in [7, 11) is 0. The summed E-state index contributed by atoms with van der Waals surface area (Å²) in [5.41, 5.74) is 1.03. The third-order valence-electron chi connectivity index (χ3n) is 3.20. The van der Waals surface area contributed by atoms with Crippen molar-refractivity contribution < 1.29 is 4.79 Å². The van der Waals surface area contributed by atoms with Gasteiger partial charge in [0.2, 0.25) is 5.91 Å². The molecule has 2 rings (SSSR count). The molecule has 0 bridgehead atoms. The number of hydrogen-bond acceptors (Lipinski definition) is 2. The summed E-state index contributed by atoms with van der Waals surface area (Å²) in [6.07, 6.45) is 5.53. The third-order valence-corrected chi connectivity index (χ3v) is 4.56. The van der Waals surface area contributed by atoms with Crippen LogP contribution >= 0.6 is 23.4 Å². The Kier molecular flexibility index (Phi) is 7.24. The van der Waals surface area contributed by atoms with Crippen LogP contribution in [-0.4, -0.2) is 12.5 Å². The van der Waals surface area contributed by atoms with Crippen molar-refractivity contribution in [2.24, 2.45) is 0 Å². The minimum atomic E-state index is -0.0512. The van der Waals surface area contributed by atoms with Gasteiger partial charge in [0, 0.05) is 27.4 Å². The molecule has 0 aromatic heterocycles. The lowest BCUT2D eigenvalue weighted by atomic mass is 10.2. The van der Waals surface area contributed by atoms with Crippen LogP contribution in [-0.2, 0) is 4.79 Å². The maximum atomic E-state index is 11.8. The molecule has 0 unspecified atom stereocenters. The summed E-state index contributed by atoms with van der Waals surface area (Å²) in [6.45, 7) is 2.83. The second kappa shape index (κ2) is 9.43. The summed E-state index contributed by atoms with van der Waals surface area (Å²) in [4.78, 5) is 14.0. The Bertz CT molecular complexity index is 667. The second-order valence-corrected chi connectivity index (χ2v) is 6.62. The average molecular weight is 346 g/mol. The molecule has 0 atom stereocenters. The third kappa shape index (κ3) is 6.12. The van der Waals surface area contributed by atoms with Gasteiger partial charge in [0.15, 0.2) is 0 Å². The maximum absolute atomic E-state index is 11.8. The predicted molar refractivity (Wildman–Crippen MR) is 99.0 cm³/mol. The number of rotatable bonds is 7. The fourth-order valence-corrected chi connectivity index (χ4v) is 3.01. The molecular formula is C19H20ClNOS. The van der Waals surface area contributed by atoms with Crippen LogP contribution in [0.2, 0.25) is 5.02 Å².